The second-order valence-electron chi connectivity index (χ2n) is 14.5. The monoisotopic (exact) mass is 655 g/mol. The van der Waals surface area contributed by atoms with Crippen molar-refractivity contribution in [3.05, 3.63) is 101 Å². The van der Waals surface area contributed by atoms with Gasteiger partial charge in [0.1, 0.15) is 12.4 Å². The van der Waals surface area contributed by atoms with Gasteiger partial charge in [0.05, 0.1) is 24.4 Å². The van der Waals surface area contributed by atoms with E-state index < -0.39 is 30.3 Å². The average molecular weight is 656 g/mol. The van der Waals surface area contributed by atoms with Crippen LogP contribution < -0.4 is 10.1 Å². The number of aliphatic hydroxyl groups excluding tert-OH is 3. The Hall–Kier alpha value is -3.19. The molecule has 5 rings (SSSR count). The van der Waals surface area contributed by atoms with Crippen molar-refractivity contribution in [3.63, 3.8) is 0 Å². The molecule has 3 aromatic carbocycles. The van der Waals surface area contributed by atoms with Gasteiger partial charge >= 0.3 is 0 Å². The van der Waals surface area contributed by atoms with Crippen LogP contribution in [0.4, 0.5) is 0 Å². The summed E-state index contributed by atoms with van der Waals surface area (Å²) in [5.41, 5.74) is 4.11. The van der Waals surface area contributed by atoms with Crippen LogP contribution in [0, 0.1) is 17.8 Å². The molecule has 48 heavy (non-hydrogen) atoms. The number of nitrogens with one attached hydrogen (secondary N) is 1. The second kappa shape index (κ2) is 18.5. The van der Waals surface area contributed by atoms with E-state index in [1.807, 2.05) is 78.9 Å². The summed E-state index contributed by atoms with van der Waals surface area (Å²) in [7, 11) is 0. The molecule has 0 heterocycles. The molecule has 0 aliphatic heterocycles. The molecule has 0 bridgehead atoms. The highest BCUT2D eigenvalue weighted by Gasteiger charge is 2.35. The lowest BCUT2D eigenvalue weighted by Gasteiger charge is -2.32. The highest BCUT2D eigenvalue weighted by atomic mass is 16.5. The van der Waals surface area contributed by atoms with Gasteiger partial charge in [-0.1, -0.05) is 125 Å². The molecule has 0 saturated heterocycles. The fraction of sp³-hybridized carbons (Fsp3) is 0.548. The summed E-state index contributed by atoms with van der Waals surface area (Å²) in [5.74, 6) is 0.605. The van der Waals surface area contributed by atoms with E-state index in [1.54, 1.807) is 0 Å². The molecular formula is C42H57NO5. The number of ether oxygens (including phenoxy) is 1. The number of fused-ring (bicyclic) bond motifs is 1. The van der Waals surface area contributed by atoms with Crippen LogP contribution in [0.2, 0.25) is 0 Å². The van der Waals surface area contributed by atoms with Gasteiger partial charge in [-0.3, -0.25) is 4.79 Å². The van der Waals surface area contributed by atoms with Gasteiger partial charge in [-0.2, -0.15) is 0 Å². The predicted molar refractivity (Wildman–Crippen MR) is 192 cm³/mol. The van der Waals surface area contributed by atoms with Gasteiger partial charge in [0, 0.05) is 12.3 Å². The van der Waals surface area contributed by atoms with Crippen molar-refractivity contribution in [2.75, 3.05) is 0 Å². The van der Waals surface area contributed by atoms with Crippen LogP contribution in [-0.2, 0) is 24.2 Å². The molecule has 1 saturated carbocycles. The number of aliphatic hydroxyl groups is 3. The minimum atomic E-state index is -0.710. The zero-order valence-electron chi connectivity index (χ0n) is 28.8. The number of hydrogen-bond donors (Lipinski definition) is 4. The van der Waals surface area contributed by atoms with Gasteiger partial charge in [-0.15, -0.1) is 0 Å². The molecule has 3 aromatic rings. The molecule has 2 aliphatic carbocycles. The summed E-state index contributed by atoms with van der Waals surface area (Å²) in [6.07, 6.45) is 10.9. The van der Waals surface area contributed by atoms with Gasteiger partial charge < -0.3 is 25.4 Å². The lowest BCUT2D eigenvalue weighted by atomic mass is 9.77. The molecule has 2 aliphatic rings. The van der Waals surface area contributed by atoms with E-state index in [0.717, 1.165) is 60.1 Å². The van der Waals surface area contributed by atoms with E-state index in [2.05, 4.69) is 12.2 Å². The summed E-state index contributed by atoms with van der Waals surface area (Å²) in [6.45, 7) is 2.65. The summed E-state index contributed by atoms with van der Waals surface area (Å²) in [4.78, 5) is 14.1. The number of benzene rings is 3. The average Bonchev–Trinajstić information content (AvgIpc) is 3.42. The van der Waals surface area contributed by atoms with Crippen molar-refractivity contribution < 1.29 is 24.9 Å². The molecule has 6 nitrogen and oxygen atoms in total. The van der Waals surface area contributed by atoms with Crippen molar-refractivity contribution in [1.82, 2.24) is 5.32 Å². The first kappa shape index (κ1) is 36.1. The molecule has 6 heteroatoms. The van der Waals surface area contributed by atoms with E-state index >= 15 is 0 Å². The van der Waals surface area contributed by atoms with E-state index in [-0.39, 0.29) is 11.8 Å². The third-order valence-corrected chi connectivity index (χ3v) is 10.7. The molecular weight excluding hydrogens is 598 g/mol. The first-order valence-electron chi connectivity index (χ1n) is 18.6. The Morgan fingerprint density at radius 2 is 1.60 bits per heavy atom. The van der Waals surface area contributed by atoms with E-state index in [4.69, 9.17) is 4.74 Å². The number of unbranched alkanes of at least 4 members (excludes halogenated alkanes) is 2. The number of rotatable bonds is 18. The molecule has 0 aromatic heterocycles. The fourth-order valence-corrected chi connectivity index (χ4v) is 7.89. The topological polar surface area (TPSA) is 99.0 Å². The van der Waals surface area contributed by atoms with Gasteiger partial charge in [-0.25, -0.2) is 0 Å². The van der Waals surface area contributed by atoms with Crippen molar-refractivity contribution in [3.8, 4) is 5.75 Å². The highest BCUT2D eigenvalue weighted by Crippen LogP contribution is 2.36. The molecule has 1 unspecified atom stereocenters. The maximum absolute atomic E-state index is 14.1. The van der Waals surface area contributed by atoms with Crippen LogP contribution in [-0.4, -0.2) is 39.5 Å². The first-order valence-corrected chi connectivity index (χ1v) is 18.6. The van der Waals surface area contributed by atoms with E-state index in [1.165, 1.54) is 32.1 Å². The van der Waals surface area contributed by atoms with Crippen molar-refractivity contribution in [2.24, 2.45) is 17.8 Å². The summed E-state index contributed by atoms with van der Waals surface area (Å²) in [5, 5.41) is 37.0. The number of amides is 1. The Morgan fingerprint density at radius 3 is 2.35 bits per heavy atom. The van der Waals surface area contributed by atoms with Gasteiger partial charge in [0.25, 0.3) is 0 Å². The maximum atomic E-state index is 14.1. The first-order chi connectivity index (χ1) is 23.4. The Labute approximate surface area is 288 Å². The quantitative estimate of drug-likeness (QED) is 0.105. The van der Waals surface area contributed by atoms with Gasteiger partial charge in [0.15, 0.2) is 0 Å². The Kier molecular flexibility index (Phi) is 13.9. The number of carbonyl (C=O) groups is 1. The van der Waals surface area contributed by atoms with Crippen LogP contribution >= 0.6 is 0 Å². The number of hydrogen-bond acceptors (Lipinski definition) is 5. The molecule has 6 atom stereocenters. The lowest BCUT2D eigenvalue weighted by molar-refractivity contribution is -0.128. The van der Waals surface area contributed by atoms with Crippen molar-refractivity contribution in [2.45, 2.75) is 128 Å². The van der Waals surface area contributed by atoms with Crippen LogP contribution in [0.3, 0.4) is 0 Å². The smallest absolute Gasteiger partial charge is 0.224 e. The van der Waals surface area contributed by atoms with Crippen molar-refractivity contribution >= 4 is 5.91 Å². The van der Waals surface area contributed by atoms with E-state index in [9.17, 15) is 20.1 Å². The third kappa shape index (κ3) is 10.7. The summed E-state index contributed by atoms with van der Waals surface area (Å²) in [6, 6.07) is 25.4. The van der Waals surface area contributed by atoms with Crippen molar-refractivity contribution in [1.29, 1.82) is 0 Å². The van der Waals surface area contributed by atoms with Crippen LogP contribution in [0.15, 0.2) is 78.9 Å². The molecule has 0 radical (unpaired) electrons. The summed E-state index contributed by atoms with van der Waals surface area (Å²) < 4.78 is 6.00. The fourth-order valence-electron chi connectivity index (χ4n) is 7.89. The highest BCUT2D eigenvalue weighted by molar-refractivity contribution is 5.80. The van der Waals surface area contributed by atoms with Gasteiger partial charge in [-0.05, 0) is 78.3 Å². The third-order valence-electron chi connectivity index (χ3n) is 10.7. The minimum Gasteiger partial charge on any atom is -0.489 e. The Bertz CT molecular complexity index is 1370. The molecule has 4 N–H and O–H groups in total. The Morgan fingerprint density at radius 1 is 0.875 bits per heavy atom. The second-order valence-corrected chi connectivity index (χ2v) is 14.5. The zero-order valence-corrected chi connectivity index (χ0v) is 28.8. The molecule has 1 amide bonds. The van der Waals surface area contributed by atoms with Gasteiger partial charge in [0.2, 0.25) is 5.91 Å². The SMILES string of the molecule is CCCCCC(O)C[C@@H](CC1CCCCC1)[C@@H](O)C[C@@H](Cc1ccc(OCc2ccccc2)cc1)C(=O)N[C@H]1c2ccccc2C[C@H]1O. The molecule has 260 valence electrons. The number of carbonyl (C=O) groups excluding carboxylic acids is 1. The maximum Gasteiger partial charge on any atom is 0.224 e. The molecule has 0 spiro atoms. The largest absolute Gasteiger partial charge is 0.489 e. The predicted octanol–water partition coefficient (Wildman–Crippen LogP) is 7.87. The molecule has 1 fully saturated rings. The normalized spacial score (nSPS) is 20.4. The van der Waals surface area contributed by atoms with E-state index in [0.29, 0.717) is 38.2 Å². The van der Waals surface area contributed by atoms with Crippen LogP contribution in [0.5, 0.6) is 5.75 Å². The summed E-state index contributed by atoms with van der Waals surface area (Å²) >= 11 is 0. The zero-order chi connectivity index (χ0) is 33.7. The Balaban J connectivity index is 1.31. The standard InChI is InChI=1S/C42H57NO5/c1-2-3-6-18-36(44)26-34(24-30-13-7-4-8-14-30)39(45)28-35(42(47)43-41-38-19-12-11-17-33(38)27-40(41)46)25-31-20-22-37(23-21-31)48-29-32-15-9-5-10-16-32/h5,9-12,15-17,19-23,30,34-36,39-41,44-46H,2-4,6-8,13-14,18,24-29H2,1H3,(H,43,47)/t34-,35-,36?,39+,40-,41+/m1/s1. The minimum absolute atomic E-state index is 0.0633. The van der Waals surface area contributed by atoms with Crippen LogP contribution in [0.25, 0.3) is 0 Å². The van der Waals surface area contributed by atoms with Crippen LogP contribution in [0.1, 0.15) is 112 Å². The lowest BCUT2D eigenvalue weighted by Crippen LogP contribution is -2.40.